The summed E-state index contributed by atoms with van der Waals surface area (Å²) < 4.78 is 50.8. The van der Waals surface area contributed by atoms with Crippen molar-refractivity contribution >= 4 is 35.2 Å². The van der Waals surface area contributed by atoms with E-state index in [1.54, 1.807) is 54.6 Å². The van der Waals surface area contributed by atoms with Gasteiger partial charge in [-0.2, -0.15) is 0 Å². The molecule has 63 heavy (non-hydrogen) atoms. The number of unbranched alkanes of at least 4 members (excludes halogenated alkanes) is 2. The van der Waals surface area contributed by atoms with Crippen LogP contribution in [0.5, 0.6) is 23.0 Å². The first-order chi connectivity index (χ1) is 30.6. The molecule has 3 aromatic carbocycles. The number of anilines is 1. The second-order valence-corrected chi connectivity index (χ2v) is 16.0. The Morgan fingerprint density at radius 2 is 1.75 bits per heavy atom. The average Bonchev–Trinajstić information content (AvgIpc) is 3.29. The fourth-order valence-corrected chi connectivity index (χ4v) is 9.34. The molecule has 1 fully saturated rings. The molecule has 1 heterocycles. The number of methoxy groups -OCH3 is 2. The number of fused-ring (bicyclic) bond motifs is 2. The van der Waals surface area contributed by atoms with Crippen molar-refractivity contribution in [1.29, 1.82) is 0 Å². The number of nitrogens with one attached hydrogen (secondary N) is 1. The first kappa shape index (κ1) is 47.1. The number of alkyl halides is 1. The minimum atomic E-state index is -1.60. The van der Waals surface area contributed by atoms with Crippen LogP contribution in [0.1, 0.15) is 62.0 Å². The number of amides is 2. The number of hydrogen-bond donors (Lipinski definition) is 3. The smallest absolute Gasteiger partial charge is 0.417 e. The highest BCUT2D eigenvalue weighted by Crippen LogP contribution is 2.62. The van der Waals surface area contributed by atoms with E-state index >= 15 is 0 Å². The number of aliphatic hydroxyl groups excluding tert-OH is 2. The molecule has 16 heteroatoms. The van der Waals surface area contributed by atoms with Gasteiger partial charge in [-0.1, -0.05) is 42.3 Å². The van der Waals surface area contributed by atoms with Crippen LogP contribution in [0.2, 0.25) is 0 Å². The van der Waals surface area contributed by atoms with E-state index in [4.69, 9.17) is 44.9 Å². The molecule has 1 saturated carbocycles. The molecule has 3 N–H and O–H groups in total. The van der Waals surface area contributed by atoms with Crippen LogP contribution in [-0.4, -0.2) is 98.5 Å². The third-order valence-electron chi connectivity index (χ3n) is 11.9. The Bertz CT molecular complexity index is 2100. The Hall–Kier alpha value is -5.35. The number of rotatable bonds is 21. The minimum Gasteiger partial charge on any atom is -0.497 e. The molecule has 6 unspecified atom stereocenters. The van der Waals surface area contributed by atoms with Gasteiger partial charge in [0, 0.05) is 43.7 Å². The maximum atomic E-state index is 14.3. The van der Waals surface area contributed by atoms with Crippen molar-refractivity contribution in [2.45, 2.75) is 69.2 Å². The van der Waals surface area contributed by atoms with Gasteiger partial charge in [0.25, 0.3) is 0 Å². The highest BCUT2D eigenvalue weighted by atomic mass is 35.5. The van der Waals surface area contributed by atoms with Gasteiger partial charge in [-0.15, -0.1) is 18.2 Å². The number of carbonyl (C=O) groups excluding carboxylic acids is 2. The molecule has 3 aromatic rings. The van der Waals surface area contributed by atoms with Crippen molar-refractivity contribution in [3.05, 3.63) is 102 Å². The number of ether oxygens (including phenoxy) is 6. The zero-order valence-electron chi connectivity index (χ0n) is 35.9. The van der Waals surface area contributed by atoms with Gasteiger partial charge in [-0.05, 0) is 91.1 Å². The largest absolute Gasteiger partial charge is 0.497 e. The van der Waals surface area contributed by atoms with Crippen LogP contribution in [-0.2, 0) is 20.9 Å². The standard InChI is InChI=1S/C47H57ClFN3O11/c1-5-23-61-47-42(52(46(56)60-24-20-48)29-30-12-14-32(49)15-13-30)28-39(51-59-4)36-25-31(10-6-8-21-53)35(11-7-9-22-54)43(44(36)47)37-26-34(17-19-40(37)63-47)62-45(55)50-38-18-16-33(57-2)27-41(38)58-3/h5,12-19,25-27,31,35,42-44,53-54H,1,6-11,20-24,28-29H2,2-4H3,(H,50,55). The predicted molar refractivity (Wildman–Crippen MR) is 235 cm³/mol. The van der Waals surface area contributed by atoms with Crippen molar-refractivity contribution in [2.24, 2.45) is 22.9 Å². The number of oxime groups is 1. The highest BCUT2D eigenvalue weighted by Gasteiger charge is 2.65. The van der Waals surface area contributed by atoms with Gasteiger partial charge in [0.2, 0.25) is 5.79 Å². The average molecular weight is 894 g/mol. The van der Waals surface area contributed by atoms with Crippen molar-refractivity contribution in [1.82, 2.24) is 4.90 Å². The van der Waals surface area contributed by atoms with Crippen molar-refractivity contribution < 1.29 is 57.5 Å². The molecule has 0 spiro atoms. The summed E-state index contributed by atoms with van der Waals surface area (Å²) >= 11 is 6.03. The van der Waals surface area contributed by atoms with E-state index in [-0.39, 0.29) is 62.9 Å². The van der Waals surface area contributed by atoms with Gasteiger partial charge >= 0.3 is 12.2 Å². The molecule has 0 bridgehead atoms. The van der Waals surface area contributed by atoms with E-state index in [1.807, 2.05) is 0 Å². The Morgan fingerprint density at radius 3 is 2.43 bits per heavy atom. The van der Waals surface area contributed by atoms with Crippen molar-refractivity contribution in [2.75, 3.05) is 59.0 Å². The molecule has 6 atom stereocenters. The summed E-state index contributed by atoms with van der Waals surface area (Å²) in [5, 5.41) is 27.1. The van der Waals surface area contributed by atoms with Crippen LogP contribution in [0.25, 0.3) is 0 Å². The summed E-state index contributed by atoms with van der Waals surface area (Å²) in [7, 11) is 4.48. The molecule has 0 saturated heterocycles. The number of hydrogen-bond acceptors (Lipinski definition) is 12. The van der Waals surface area contributed by atoms with Crippen LogP contribution >= 0.6 is 11.6 Å². The summed E-state index contributed by atoms with van der Waals surface area (Å²) in [6.45, 7) is 3.98. The molecule has 2 aliphatic carbocycles. The molecule has 2 amide bonds. The fourth-order valence-electron chi connectivity index (χ4n) is 9.26. The molecule has 0 radical (unpaired) electrons. The number of nitrogens with zero attached hydrogens (tertiary/aromatic N) is 2. The van der Waals surface area contributed by atoms with Crippen LogP contribution in [0.3, 0.4) is 0 Å². The molecular formula is C47H57ClFN3O11. The zero-order valence-corrected chi connectivity index (χ0v) is 36.7. The van der Waals surface area contributed by atoms with Gasteiger partial charge in [-0.3, -0.25) is 10.2 Å². The molecule has 3 aliphatic rings. The van der Waals surface area contributed by atoms with E-state index in [9.17, 15) is 24.2 Å². The predicted octanol–water partition coefficient (Wildman–Crippen LogP) is 8.59. The molecular weight excluding hydrogens is 837 g/mol. The molecule has 0 aromatic heterocycles. The monoisotopic (exact) mass is 893 g/mol. The number of allylic oxidation sites excluding steroid dienone is 1. The van der Waals surface area contributed by atoms with Crippen molar-refractivity contribution in [3.8, 4) is 23.0 Å². The van der Waals surface area contributed by atoms with Gasteiger partial charge in [0.15, 0.2) is 0 Å². The van der Waals surface area contributed by atoms with Gasteiger partial charge in [-0.25, -0.2) is 14.0 Å². The number of halogens is 2. The maximum absolute atomic E-state index is 14.3. The lowest BCUT2D eigenvalue weighted by Gasteiger charge is -2.59. The maximum Gasteiger partial charge on any atom is 0.417 e. The number of aliphatic hydroxyl groups is 2. The first-order valence-electron chi connectivity index (χ1n) is 21.2. The van der Waals surface area contributed by atoms with Gasteiger partial charge in [0.05, 0.1) is 44.0 Å². The van der Waals surface area contributed by atoms with Crippen LogP contribution < -0.4 is 24.3 Å². The van der Waals surface area contributed by atoms with Crippen LogP contribution in [0, 0.1) is 23.6 Å². The van der Waals surface area contributed by atoms with Crippen LogP contribution in [0.4, 0.5) is 19.7 Å². The fraction of sp³-hybridized carbons (Fsp3) is 0.468. The zero-order chi connectivity index (χ0) is 44.9. The van der Waals surface area contributed by atoms with Gasteiger partial charge in [0.1, 0.15) is 48.6 Å². The lowest BCUT2D eigenvalue weighted by atomic mass is 9.55. The summed E-state index contributed by atoms with van der Waals surface area (Å²) in [6, 6.07) is 15.1. The second-order valence-electron chi connectivity index (χ2n) is 15.6. The second kappa shape index (κ2) is 22.3. The van der Waals surface area contributed by atoms with Crippen molar-refractivity contribution in [3.63, 3.8) is 0 Å². The Labute approximate surface area is 372 Å². The topological polar surface area (TPSA) is 167 Å². The van der Waals surface area contributed by atoms with E-state index in [0.29, 0.717) is 59.9 Å². The quantitative estimate of drug-likeness (QED) is 0.0406. The SMILES string of the molecule is C=CCOC12Oc3ccc(OC(=O)Nc4ccc(OC)cc4OC)cc3C3C(CCCCO)C(CCCCO)C=C(C(=NOC)CC1N(Cc1ccc(F)cc1)C(=O)OCCCl)C32. The third kappa shape index (κ3) is 10.7. The third-order valence-corrected chi connectivity index (χ3v) is 12.0. The van der Waals surface area contributed by atoms with E-state index in [0.717, 1.165) is 24.0 Å². The van der Waals surface area contributed by atoms with E-state index in [1.165, 1.54) is 38.4 Å². The normalized spacial score (nSPS) is 22.7. The lowest BCUT2D eigenvalue weighted by molar-refractivity contribution is -0.256. The summed E-state index contributed by atoms with van der Waals surface area (Å²) in [5.74, 6) is -1.54. The Balaban J connectivity index is 1.53. The van der Waals surface area contributed by atoms with E-state index < -0.39 is 41.7 Å². The number of carbonyl (C=O) groups is 2. The summed E-state index contributed by atoms with van der Waals surface area (Å²) in [6.07, 6.45) is 6.54. The highest BCUT2D eigenvalue weighted by molar-refractivity contribution is 6.18. The summed E-state index contributed by atoms with van der Waals surface area (Å²) in [5.41, 5.74) is 3.12. The Kier molecular flexibility index (Phi) is 16.7. The lowest BCUT2D eigenvalue weighted by Crippen LogP contribution is -2.70. The molecule has 14 nitrogen and oxygen atoms in total. The summed E-state index contributed by atoms with van der Waals surface area (Å²) in [4.78, 5) is 34.9. The Morgan fingerprint density at radius 1 is 1.00 bits per heavy atom. The molecule has 6 rings (SSSR count). The van der Waals surface area contributed by atoms with Gasteiger partial charge < -0.3 is 43.5 Å². The first-order valence-corrected chi connectivity index (χ1v) is 21.7. The number of benzene rings is 3. The molecule has 1 aliphatic heterocycles. The van der Waals surface area contributed by atoms with Crippen LogP contribution in [0.15, 0.2) is 90.1 Å². The minimum absolute atomic E-state index is 0.0111. The molecule has 340 valence electrons. The van der Waals surface area contributed by atoms with E-state index in [2.05, 4.69) is 23.1 Å².